The van der Waals surface area contributed by atoms with Crippen LogP contribution in [0.3, 0.4) is 0 Å². The molecule has 0 radical (unpaired) electrons. The van der Waals surface area contributed by atoms with Gasteiger partial charge >= 0.3 is 0 Å². The lowest BCUT2D eigenvalue weighted by molar-refractivity contribution is -0.129. The maximum absolute atomic E-state index is 12.6. The summed E-state index contributed by atoms with van der Waals surface area (Å²) >= 11 is 0. The zero-order valence-corrected chi connectivity index (χ0v) is 13.6. The van der Waals surface area contributed by atoms with E-state index in [0.717, 1.165) is 17.2 Å². The molecule has 0 bridgehead atoms. The Morgan fingerprint density at radius 2 is 2.17 bits per heavy atom. The maximum atomic E-state index is 12.6. The van der Waals surface area contributed by atoms with Gasteiger partial charge < -0.3 is 14.6 Å². The summed E-state index contributed by atoms with van der Waals surface area (Å²) in [5.74, 6) is -0.140. The molecule has 128 valence electrons. The van der Waals surface area contributed by atoms with Crippen molar-refractivity contribution in [3.8, 4) is 5.75 Å². The number of ether oxygens (including phenoxy) is 1. The molecule has 2 heterocycles. The Kier molecular flexibility index (Phi) is 4.03. The average Bonchev–Trinajstić information content (AvgIpc) is 3.15. The van der Waals surface area contributed by atoms with Gasteiger partial charge in [-0.2, -0.15) is 0 Å². The number of alkyl halides is 2. The zero-order chi connectivity index (χ0) is 17.5. The molecule has 0 aliphatic carbocycles. The van der Waals surface area contributed by atoms with Crippen molar-refractivity contribution < 1.29 is 22.8 Å². The number of aromatic nitrogens is 1. The van der Waals surface area contributed by atoms with E-state index in [0.29, 0.717) is 12.2 Å². The van der Waals surface area contributed by atoms with Gasteiger partial charge in [0, 0.05) is 18.1 Å². The summed E-state index contributed by atoms with van der Waals surface area (Å²) in [6, 6.07) is 6.82. The van der Waals surface area contributed by atoms with Gasteiger partial charge in [-0.1, -0.05) is 17.3 Å². The Hall–Kier alpha value is -2.44. The van der Waals surface area contributed by atoms with Gasteiger partial charge in [0.2, 0.25) is 5.76 Å². The highest BCUT2D eigenvalue weighted by Gasteiger charge is 2.35. The van der Waals surface area contributed by atoms with Gasteiger partial charge in [0.1, 0.15) is 11.4 Å². The van der Waals surface area contributed by atoms with Crippen LogP contribution < -0.4 is 10.1 Å². The number of nitrogens with zero attached hydrogens (tertiary/aromatic N) is 1. The van der Waals surface area contributed by atoms with Gasteiger partial charge in [-0.15, -0.1) is 0 Å². The number of halogens is 2. The Labute approximate surface area is 138 Å². The number of rotatable bonds is 4. The number of carbonyl (C=O) groups is 1. The minimum absolute atomic E-state index is 0.234. The summed E-state index contributed by atoms with van der Waals surface area (Å²) in [7, 11) is 0. The third-order valence-corrected chi connectivity index (χ3v) is 4.14. The minimum atomic E-state index is -2.74. The number of benzene rings is 1. The largest absolute Gasteiger partial charge is 0.480 e. The molecule has 24 heavy (non-hydrogen) atoms. The molecule has 1 aliphatic rings. The second-order valence-corrected chi connectivity index (χ2v) is 6.39. The first-order chi connectivity index (χ1) is 11.3. The summed E-state index contributed by atoms with van der Waals surface area (Å²) in [6.07, 6.45) is -2.92. The lowest BCUT2D eigenvalue weighted by Crippen LogP contribution is -2.47. The fraction of sp³-hybridized carbons (Fsp3) is 0.412. The van der Waals surface area contributed by atoms with Crippen molar-refractivity contribution in [3.63, 3.8) is 0 Å². The van der Waals surface area contributed by atoms with Gasteiger partial charge in [0.15, 0.2) is 6.10 Å². The fourth-order valence-corrected chi connectivity index (χ4v) is 2.71. The van der Waals surface area contributed by atoms with Crippen molar-refractivity contribution in [3.05, 3.63) is 46.8 Å². The molecule has 1 N–H and O–H groups in total. The van der Waals surface area contributed by atoms with Crippen LogP contribution in [0.4, 0.5) is 8.78 Å². The monoisotopic (exact) mass is 336 g/mol. The summed E-state index contributed by atoms with van der Waals surface area (Å²) in [4.78, 5) is 12.5. The summed E-state index contributed by atoms with van der Waals surface area (Å²) in [6.45, 7) is 5.31. The Balaban J connectivity index is 1.71. The van der Waals surface area contributed by atoms with Crippen LogP contribution in [0.5, 0.6) is 5.75 Å². The van der Waals surface area contributed by atoms with Gasteiger partial charge in [0.25, 0.3) is 12.3 Å². The lowest BCUT2D eigenvalue weighted by Gasteiger charge is -2.25. The maximum Gasteiger partial charge on any atom is 0.298 e. The molecule has 1 aromatic heterocycles. The number of hydrogen-bond donors (Lipinski definition) is 1. The molecule has 1 aliphatic heterocycles. The molecular weight excluding hydrogens is 318 g/mol. The Morgan fingerprint density at radius 1 is 1.42 bits per heavy atom. The molecule has 0 fully saturated rings. The van der Waals surface area contributed by atoms with Gasteiger partial charge in [-0.25, -0.2) is 8.78 Å². The van der Waals surface area contributed by atoms with Crippen LogP contribution in [-0.2, 0) is 16.8 Å². The van der Waals surface area contributed by atoms with E-state index in [1.54, 1.807) is 13.8 Å². The van der Waals surface area contributed by atoms with Crippen molar-refractivity contribution in [2.45, 2.75) is 45.3 Å². The van der Waals surface area contributed by atoms with Crippen molar-refractivity contribution in [1.29, 1.82) is 0 Å². The first-order valence-corrected chi connectivity index (χ1v) is 7.60. The van der Waals surface area contributed by atoms with E-state index in [-0.39, 0.29) is 11.6 Å². The highest BCUT2D eigenvalue weighted by atomic mass is 19.3. The van der Waals surface area contributed by atoms with Gasteiger partial charge in [0.05, 0.1) is 5.54 Å². The molecule has 1 aromatic carbocycles. The van der Waals surface area contributed by atoms with Crippen molar-refractivity contribution in [2.75, 3.05) is 0 Å². The van der Waals surface area contributed by atoms with Crippen LogP contribution in [0.2, 0.25) is 0 Å². The summed E-state index contributed by atoms with van der Waals surface area (Å²) in [5, 5.41) is 6.42. The number of aryl methyl sites for hydroxylation is 1. The smallest absolute Gasteiger partial charge is 0.298 e. The van der Waals surface area contributed by atoms with E-state index >= 15 is 0 Å². The molecular formula is C17H18F2N2O3. The molecule has 2 aromatic rings. The Morgan fingerprint density at radius 3 is 2.79 bits per heavy atom. The molecule has 1 atom stereocenters. The zero-order valence-electron chi connectivity index (χ0n) is 13.6. The van der Waals surface area contributed by atoms with Gasteiger partial charge in [-0.3, -0.25) is 4.79 Å². The highest BCUT2D eigenvalue weighted by molar-refractivity contribution is 5.83. The van der Waals surface area contributed by atoms with E-state index < -0.39 is 23.8 Å². The van der Waals surface area contributed by atoms with E-state index in [4.69, 9.17) is 4.74 Å². The number of carbonyl (C=O) groups excluding carboxylic acids is 1. The van der Waals surface area contributed by atoms with Crippen LogP contribution in [0, 0.1) is 6.92 Å². The predicted octanol–water partition coefficient (Wildman–Crippen LogP) is 3.28. The normalized spacial score (nSPS) is 16.8. The Bertz CT molecular complexity index is 771. The van der Waals surface area contributed by atoms with Crippen molar-refractivity contribution in [2.24, 2.45) is 0 Å². The SMILES string of the molecule is Cc1cccc2c1CC(C(=O)NC(C)(C)c1cc(C(F)F)on1)O2. The third-order valence-electron chi connectivity index (χ3n) is 4.14. The third kappa shape index (κ3) is 2.98. The van der Waals surface area contributed by atoms with Crippen molar-refractivity contribution in [1.82, 2.24) is 10.5 Å². The van der Waals surface area contributed by atoms with Crippen LogP contribution in [0.25, 0.3) is 0 Å². The number of fused-ring (bicyclic) bond motifs is 1. The molecule has 3 rings (SSSR count). The van der Waals surface area contributed by atoms with Gasteiger partial charge in [-0.05, 0) is 32.4 Å². The quantitative estimate of drug-likeness (QED) is 0.931. The second-order valence-electron chi connectivity index (χ2n) is 6.39. The van der Waals surface area contributed by atoms with E-state index in [9.17, 15) is 13.6 Å². The molecule has 5 nitrogen and oxygen atoms in total. The first-order valence-electron chi connectivity index (χ1n) is 7.60. The second kappa shape index (κ2) is 5.89. The van der Waals surface area contributed by atoms with Crippen LogP contribution >= 0.6 is 0 Å². The number of amides is 1. The minimum Gasteiger partial charge on any atom is -0.480 e. The number of hydrogen-bond acceptors (Lipinski definition) is 4. The topological polar surface area (TPSA) is 64.4 Å². The van der Waals surface area contributed by atoms with Crippen molar-refractivity contribution >= 4 is 5.91 Å². The van der Waals surface area contributed by atoms with E-state index in [1.165, 1.54) is 0 Å². The first kappa shape index (κ1) is 16.4. The predicted molar refractivity (Wildman–Crippen MR) is 81.9 cm³/mol. The van der Waals surface area contributed by atoms with Crippen LogP contribution in [-0.4, -0.2) is 17.2 Å². The van der Waals surface area contributed by atoms with E-state index in [1.807, 2.05) is 25.1 Å². The summed E-state index contributed by atoms with van der Waals surface area (Å²) in [5.41, 5.74) is 1.36. The molecule has 1 unspecified atom stereocenters. The van der Waals surface area contributed by atoms with Crippen LogP contribution in [0.15, 0.2) is 28.8 Å². The molecule has 0 saturated carbocycles. The standard InChI is InChI=1S/C17H18F2N2O3/c1-9-5-4-6-11-10(9)7-13(23-11)16(22)20-17(2,3)14-8-12(15(18)19)24-21-14/h4-6,8,13,15H,7H2,1-3H3,(H,20,22). The van der Waals surface area contributed by atoms with Crippen LogP contribution in [0.1, 0.15) is 42.9 Å². The fourth-order valence-electron chi connectivity index (χ4n) is 2.71. The molecule has 1 amide bonds. The number of nitrogens with one attached hydrogen (secondary N) is 1. The lowest BCUT2D eigenvalue weighted by atomic mass is 9.99. The molecule has 7 heteroatoms. The molecule has 0 saturated heterocycles. The van der Waals surface area contributed by atoms with E-state index in [2.05, 4.69) is 15.0 Å². The average molecular weight is 336 g/mol. The highest BCUT2D eigenvalue weighted by Crippen LogP contribution is 2.32. The summed E-state index contributed by atoms with van der Waals surface area (Å²) < 4.78 is 35.6. The molecule has 0 spiro atoms.